The van der Waals surface area contributed by atoms with Crippen LogP contribution < -0.4 is 0 Å². The molecule has 0 radical (unpaired) electrons. The minimum Gasteiger partial charge on any atom is -0.341 e. The van der Waals surface area contributed by atoms with Crippen molar-refractivity contribution in [3.8, 4) is 0 Å². The lowest BCUT2D eigenvalue weighted by Crippen LogP contribution is -2.47. The number of aryl methyl sites for hydroxylation is 1. The van der Waals surface area contributed by atoms with Crippen molar-refractivity contribution in [3.05, 3.63) is 18.0 Å². The Morgan fingerprint density at radius 3 is 2.43 bits per heavy atom. The molecule has 0 unspecified atom stereocenters. The van der Waals surface area contributed by atoms with Gasteiger partial charge in [-0.25, -0.2) is 0 Å². The van der Waals surface area contributed by atoms with Crippen LogP contribution in [-0.2, 0) is 11.3 Å². The van der Waals surface area contributed by atoms with E-state index in [2.05, 4.69) is 23.8 Å². The number of aromatic nitrogens is 2. The topological polar surface area (TPSA) is 41.4 Å². The number of likely N-dealkylation sites (N-methyl/N-ethyl adjacent to an activating group) is 1. The van der Waals surface area contributed by atoms with E-state index in [-0.39, 0.29) is 5.91 Å². The van der Waals surface area contributed by atoms with Crippen LogP contribution in [0.3, 0.4) is 0 Å². The highest BCUT2D eigenvalue weighted by molar-refractivity contribution is 5.76. The number of rotatable bonds is 5. The number of amides is 1. The zero-order valence-electron chi connectivity index (χ0n) is 15.7. The number of likely N-dealkylation sites (tertiary alicyclic amines) is 1. The van der Waals surface area contributed by atoms with E-state index in [1.807, 2.05) is 38.9 Å². The minimum absolute atomic E-state index is 0.153. The van der Waals surface area contributed by atoms with Crippen LogP contribution in [-0.4, -0.2) is 58.2 Å². The molecule has 1 saturated heterocycles. The standard InChI is InChI=1S/C16H28N4O.C2H6/c1-13(2)10-19-7-5-15(6-8-19)18(4)16(21)12-20-11-14(3)9-17-20;1-2/h9,11,13,15H,5-8,10,12H2,1-4H3;1-2H3. The van der Waals surface area contributed by atoms with Crippen molar-refractivity contribution >= 4 is 5.91 Å². The molecular weight excluding hydrogens is 288 g/mol. The van der Waals surface area contributed by atoms with E-state index < -0.39 is 0 Å². The Balaban J connectivity index is 0.00000127. The quantitative estimate of drug-likeness (QED) is 0.837. The van der Waals surface area contributed by atoms with Crippen LogP contribution in [0.25, 0.3) is 0 Å². The van der Waals surface area contributed by atoms with Crippen LogP contribution >= 0.6 is 0 Å². The van der Waals surface area contributed by atoms with Gasteiger partial charge in [0.1, 0.15) is 6.54 Å². The van der Waals surface area contributed by atoms with Crippen LogP contribution in [0.5, 0.6) is 0 Å². The molecule has 1 aliphatic heterocycles. The van der Waals surface area contributed by atoms with Gasteiger partial charge < -0.3 is 9.80 Å². The lowest BCUT2D eigenvalue weighted by Gasteiger charge is -2.37. The van der Waals surface area contributed by atoms with Gasteiger partial charge in [-0.05, 0) is 31.2 Å². The van der Waals surface area contributed by atoms with Gasteiger partial charge in [-0.2, -0.15) is 5.10 Å². The molecule has 0 N–H and O–H groups in total. The van der Waals surface area contributed by atoms with Gasteiger partial charge >= 0.3 is 0 Å². The molecule has 0 spiro atoms. The van der Waals surface area contributed by atoms with Gasteiger partial charge in [-0.1, -0.05) is 27.7 Å². The Labute approximate surface area is 141 Å². The second-order valence-corrected chi connectivity index (χ2v) is 6.65. The van der Waals surface area contributed by atoms with Crippen LogP contribution in [0.1, 0.15) is 46.1 Å². The van der Waals surface area contributed by atoms with E-state index in [0.717, 1.165) is 38.0 Å². The van der Waals surface area contributed by atoms with Crippen molar-refractivity contribution in [3.63, 3.8) is 0 Å². The van der Waals surface area contributed by atoms with Gasteiger partial charge in [0.05, 0.1) is 6.20 Å². The average molecular weight is 322 g/mol. The summed E-state index contributed by atoms with van der Waals surface area (Å²) in [6.07, 6.45) is 5.86. The number of carbonyl (C=O) groups is 1. The molecule has 132 valence electrons. The maximum absolute atomic E-state index is 12.3. The molecule has 1 aromatic rings. The van der Waals surface area contributed by atoms with Gasteiger partial charge in [-0.3, -0.25) is 9.48 Å². The molecule has 5 heteroatoms. The smallest absolute Gasteiger partial charge is 0.244 e. The van der Waals surface area contributed by atoms with Gasteiger partial charge in [0.2, 0.25) is 5.91 Å². The summed E-state index contributed by atoms with van der Waals surface area (Å²) in [6, 6.07) is 0.373. The Hall–Kier alpha value is -1.36. The summed E-state index contributed by atoms with van der Waals surface area (Å²) >= 11 is 0. The Kier molecular flexibility index (Phi) is 8.31. The zero-order valence-corrected chi connectivity index (χ0v) is 15.7. The fourth-order valence-electron chi connectivity index (χ4n) is 3.01. The fraction of sp³-hybridized carbons (Fsp3) is 0.778. The highest BCUT2D eigenvalue weighted by Gasteiger charge is 2.25. The Bertz CT molecular complexity index is 461. The molecule has 1 fully saturated rings. The summed E-state index contributed by atoms with van der Waals surface area (Å²) in [6.45, 7) is 14.2. The molecule has 2 rings (SSSR count). The van der Waals surface area contributed by atoms with Gasteiger partial charge in [0, 0.05) is 38.9 Å². The van der Waals surface area contributed by atoms with E-state index in [0.29, 0.717) is 18.5 Å². The van der Waals surface area contributed by atoms with Gasteiger partial charge in [0.15, 0.2) is 0 Å². The summed E-state index contributed by atoms with van der Waals surface area (Å²) in [5, 5.41) is 4.19. The molecule has 0 saturated carbocycles. The number of piperidine rings is 1. The molecular formula is C18H34N4O. The van der Waals surface area contributed by atoms with E-state index in [1.165, 1.54) is 0 Å². The number of nitrogens with zero attached hydrogens (tertiary/aromatic N) is 4. The van der Waals surface area contributed by atoms with E-state index in [1.54, 1.807) is 10.9 Å². The molecule has 2 heterocycles. The van der Waals surface area contributed by atoms with Crippen LogP contribution in [0, 0.1) is 12.8 Å². The van der Waals surface area contributed by atoms with Crippen molar-refractivity contribution < 1.29 is 4.79 Å². The molecule has 1 aliphatic rings. The van der Waals surface area contributed by atoms with Gasteiger partial charge in [0.25, 0.3) is 0 Å². The lowest BCUT2D eigenvalue weighted by molar-refractivity contribution is -0.133. The molecule has 0 aromatic carbocycles. The van der Waals surface area contributed by atoms with Crippen LogP contribution in [0.15, 0.2) is 12.4 Å². The summed E-state index contributed by atoms with van der Waals surface area (Å²) in [5.41, 5.74) is 1.09. The first-order valence-electron chi connectivity index (χ1n) is 8.92. The second kappa shape index (κ2) is 9.71. The lowest BCUT2D eigenvalue weighted by atomic mass is 10.0. The summed E-state index contributed by atoms with van der Waals surface area (Å²) in [5.74, 6) is 0.865. The number of carbonyl (C=O) groups excluding carboxylic acids is 1. The average Bonchev–Trinajstić information content (AvgIpc) is 2.94. The maximum atomic E-state index is 12.3. The van der Waals surface area contributed by atoms with Crippen LogP contribution in [0.2, 0.25) is 0 Å². The van der Waals surface area contributed by atoms with E-state index in [4.69, 9.17) is 0 Å². The molecule has 23 heavy (non-hydrogen) atoms. The van der Waals surface area contributed by atoms with Crippen molar-refractivity contribution in [1.29, 1.82) is 0 Å². The van der Waals surface area contributed by atoms with Crippen molar-refractivity contribution in [2.24, 2.45) is 5.92 Å². The Morgan fingerprint density at radius 1 is 1.35 bits per heavy atom. The third kappa shape index (κ3) is 6.34. The molecule has 0 atom stereocenters. The number of hydrogen-bond acceptors (Lipinski definition) is 3. The Morgan fingerprint density at radius 2 is 1.96 bits per heavy atom. The number of hydrogen-bond donors (Lipinski definition) is 0. The summed E-state index contributed by atoms with van der Waals surface area (Å²) < 4.78 is 1.72. The first-order chi connectivity index (χ1) is 11.0. The van der Waals surface area contributed by atoms with Crippen molar-refractivity contribution in [2.75, 3.05) is 26.7 Å². The highest BCUT2D eigenvalue weighted by atomic mass is 16.2. The third-order valence-corrected chi connectivity index (χ3v) is 4.18. The third-order valence-electron chi connectivity index (χ3n) is 4.18. The van der Waals surface area contributed by atoms with E-state index in [9.17, 15) is 4.79 Å². The van der Waals surface area contributed by atoms with Crippen molar-refractivity contribution in [2.45, 2.75) is 60.0 Å². The van der Waals surface area contributed by atoms with Crippen LogP contribution in [0.4, 0.5) is 0 Å². The summed E-state index contributed by atoms with van der Waals surface area (Å²) in [4.78, 5) is 16.8. The monoisotopic (exact) mass is 322 g/mol. The predicted octanol–water partition coefficient (Wildman–Crippen LogP) is 2.80. The normalized spacial score (nSPS) is 16.1. The highest BCUT2D eigenvalue weighted by Crippen LogP contribution is 2.17. The zero-order chi connectivity index (χ0) is 17.4. The first kappa shape index (κ1) is 19.7. The van der Waals surface area contributed by atoms with E-state index >= 15 is 0 Å². The fourth-order valence-corrected chi connectivity index (χ4v) is 3.01. The molecule has 5 nitrogen and oxygen atoms in total. The molecule has 0 aliphatic carbocycles. The van der Waals surface area contributed by atoms with Crippen molar-refractivity contribution in [1.82, 2.24) is 19.6 Å². The maximum Gasteiger partial charge on any atom is 0.244 e. The summed E-state index contributed by atoms with van der Waals surface area (Å²) in [7, 11) is 1.93. The molecule has 1 aromatic heterocycles. The molecule has 1 amide bonds. The minimum atomic E-state index is 0.153. The molecule has 0 bridgehead atoms. The van der Waals surface area contributed by atoms with Gasteiger partial charge in [-0.15, -0.1) is 0 Å². The second-order valence-electron chi connectivity index (χ2n) is 6.65. The SMILES string of the molecule is CC.Cc1cnn(CC(=O)N(C)C2CCN(CC(C)C)CC2)c1. The predicted molar refractivity (Wildman–Crippen MR) is 95.4 cm³/mol. The first-order valence-corrected chi connectivity index (χ1v) is 8.92. The largest absolute Gasteiger partial charge is 0.341 e.